The predicted molar refractivity (Wildman–Crippen MR) is 74.3 cm³/mol. The van der Waals surface area contributed by atoms with Crippen LogP contribution in [-0.2, 0) is 4.79 Å². The highest BCUT2D eigenvalue weighted by molar-refractivity contribution is 5.76. The molecule has 0 spiro atoms. The van der Waals surface area contributed by atoms with Crippen molar-refractivity contribution < 1.29 is 14.7 Å². The average molecular weight is 298 g/mol. The number of hydrogen-bond acceptors (Lipinski definition) is 5. The Morgan fingerprint density at radius 2 is 2.05 bits per heavy atom. The van der Waals surface area contributed by atoms with E-state index in [9.17, 15) is 14.7 Å². The Labute approximate surface area is 122 Å². The minimum atomic E-state index is -0.920. The van der Waals surface area contributed by atoms with Gasteiger partial charge in [-0.15, -0.1) is 10.2 Å². The monoisotopic (exact) mass is 298 g/mol. The summed E-state index contributed by atoms with van der Waals surface area (Å²) in [6.07, 6.45) is 0.475. The summed E-state index contributed by atoms with van der Waals surface area (Å²) in [5, 5.41) is 27.6. The van der Waals surface area contributed by atoms with E-state index in [0.717, 1.165) is 0 Å². The molecule has 0 fully saturated rings. The lowest BCUT2D eigenvalue weighted by molar-refractivity contribution is -0.142. The third kappa shape index (κ3) is 6.19. The number of H-pyrrole nitrogens is 1. The topological polar surface area (TPSA) is 133 Å². The van der Waals surface area contributed by atoms with Crippen LogP contribution in [0.1, 0.15) is 46.0 Å². The summed E-state index contributed by atoms with van der Waals surface area (Å²) in [6.45, 7) is 7.65. The Hall–Kier alpha value is -2.19. The predicted octanol–water partition coefficient (Wildman–Crippen LogP) is 0.697. The lowest BCUT2D eigenvalue weighted by atomic mass is 9.84. The van der Waals surface area contributed by atoms with Gasteiger partial charge in [-0.05, 0) is 18.8 Å². The van der Waals surface area contributed by atoms with Gasteiger partial charge in [-0.2, -0.15) is 5.21 Å². The second-order valence-corrected chi connectivity index (χ2v) is 6.15. The molecule has 21 heavy (non-hydrogen) atoms. The third-order valence-electron chi connectivity index (χ3n) is 2.81. The molecule has 2 unspecified atom stereocenters. The first kappa shape index (κ1) is 16.9. The molecule has 1 aromatic rings. The molecule has 0 aliphatic rings. The number of carbonyl (C=O) groups is 2. The number of nitrogens with zero attached hydrogens (tertiary/aromatic N) is 3. The van der Waals surface area contributed by atoms with Gasteiger partial charge in [0.1, 0.15) is 0 Å². The number of urea groups is 1. The first-order chi connectivity index (χ1) is 9.69. The number of nitrogens with one attached hydrogen (secondary N) is 3. The van der Waals surface area contributed by atoms with E-state index in [2.05, 4.69) is 31.3 Å². The number of tetrazole rings is 1. The van der Waals surface area contributed by atoms with E-state index in [1.807, 2.05) is 20.8 Å². The molecule has 0 saturated carbocycles. The van der Waals surface area contributed by atoms with Crippen LogP contribution < -0.4 is 10.6 Å². The van der Waals surface area contributed by atoms with Crippen LogP contribution in [0, 0.1) is 11.3 Å². The van der Waals surface area contributed by atoms with Crippen LogP contribution in [0.5, 0.6) is 0 Å². The molecular formula is C12H22N6O3. The summed E-state index contributed by atoms with van der Waals surface area (Å²) in [5.41, 5.74) is -0.126. The first-order valence-corrected chi connectivity index (χ1v) is 6.69. The number of hydrogen-bond donors (Lipinski definition) is 4. The van der Waals surface area contributed by atoms with Crippen LogP contribution in [-0.4, -0.2) is 44.3 Å². The smallest absolute Gasteiger partial charge is 0.315 e. The van der Waals surface area contributed by atoms with Gasteiger partial charge in [-0.25, -0.2) is 4.79 Å². The maximum absolute atomic E-state index is 11.7. The maximum Gasteiger partial charge on any atom is 0.315 e. The molecule has 0 aliphatic heterocycles. The summed E-state index contributed by atoms with van der Waals surface area (Å²) in [5.74, 6) is -1.19. The summed E-state index contributed by atoms with van der Waals surface area (Å²) in [6, 6.07) is -0.887. The minimum absolute atomic E-state index is 0.0669. The molecule has 9 nitrogen and oxygen atoms in total. The third-order valence-corrected chi connectivity index (χ3v) is 2.81. The molecule has 0 aromatic carbocycles. The summed E-state index contributed by atoms with van der Waals surface area (Å²) < 4.78 is 0. The number of aromatic nitrogens is 4. The fourth-order valence-corrected chi connectivity index (χ4v) is 1.87. The van der Waals surface area contributed by atoms with Crippen molar-refractivity contribution in [1.29, 1.82) is 0 Å². The maximum atomic E-state index is 11.7. The largest absolute Gasteiger partial charge is 0.481 e. The Kier molecular flexibility index (Phi) is 5.62. The zero-order chi connectivity index (χ0) is 16.0. The van der Waals surface area contributed by atoms with Crippen LogP contribution in [0.15, 0.2) is 0 Å². The summed E-state index contributed by atoms with van der Waals surface area (Å²) >= 11 is 0. The van der Waals surface area contributed by atoms with E-state index < -0.39 is 24.0 Å². The van der Waals surface area contributed by atoms with Crippen LogP contribution >= 0.6 is 0 Å². The highest BCUT2D eigenvalue weighted by atomic mass is 16.4. The fraction of sp³-hybridized carbons (Fsp3) is 0.750. The number of aliphatic carboxylic acids is 1. The lowest BCUT2D eigenvalue weighted by Gasteiger charge is -2.23. The molecule has 118 valence electrons. The first-order valence-electron chi connectivity index (χ1n) is 6.69. The number of rotatable bonds is 6. The van der Waals surface area contributed by atoms with Gasteiger partial charge in [0, 0.05) is 6.54 Å². The van der Waals surface area contributed by atoms with Gasteiger partial charge in [0.2, 0.25) is 0 Å². The fourth-order valence-electron chi connectivity index (χ4n) is 1.87. The SMILES string of the molecule is CC(NC(=O)NCC(CC(C)(C)C)C(=O)O)c1nn[nH]n1. The molecule has 0 saturated heterocycles. The van der Waals surface area contributed by atoms with Crippen LogP contribution in [0.4, 0.5) is 4.79 Å². The molecule has 2 atom stereocenters. The Balaban J connectivity index is 2.45. The van der Waals surface area contributed by atoms with Crippen molar-refractivity contribution in [3.8, 4) is 0 Å². The molecule has 0 aliphatic carbocycles. The Morgan fingerprint density at radius 3 is 2.52 bits per heavy atom. The number of carboxylic acids is 1. The highest BCUT2D eigenvalue weighted by Gasteiger charge is 2.25. The molecule has 1 heterocycles. The number of carbonyl (C=O) groups excluding carboxylic acids is 1. The summed E-state index contributed by atoms with van der Waals surface area (Å²) in [4.78, 5) is 22.9. The zero-order valence-corrected chi connectivity index (χ0v) is 12.7. The lowest BCUT2D eigenvalue weighted by Crippen LogP contribution is -2.41. The van der Waals surface area contributed by atoms with E-state index in [4.69, 9.17) is 0 Å². The second kappa shape index (κ2) is 7.00. The van der Waals surface area contributed by atoms with Gasteiger partial charge >= 0.3 is 12.0 Å². The molecule has 1 rings (SSSR count). The van der Waals surface area contributed by atoms with Crippen molar-refractivity contribution >= 4 is 12.0 Å². The van der Waals surface area contributed by atoms with E-state index in [1.54, 1.807) is 6.92 Å². The van der Waals surface area contributed by atoms with Gasteiger partial charge in [-0.3, -0.25) is 4.79 Å². The molecule has 2 amide bonds. The minimum Gasteiger partial charge on any atom is -0.481 e. The zero-order valence-electron chi connectivity index (χ0n) is 12.7. The molecule has 0 bridgehead atoms. The number of amides is 2. The van der Waals surface area contributed by atoms with Crippen molar-refractivity contribution in [2.75, 3.05) is 6.54 Å². The van der Waals surface area contributed by atoms with Crippen molar-refractivity contribution in [2.45, 2.75) is 40.2 Å². The van der Waals surface area contributed by atoms with Crippen molar-refractivity contribution in [2.24, 2.45) is 11.3 Å². The molecule has 4 N–H and O–H groups in total. The average Bonchev–Trinajstić information content (AvgIpc) is 2.86. The number of carboxylic acid groups (broad SMARTS) is 1. The molecule has 9 heteroatoms. The van der Waals surface area contributed by atoms with Gasteiger partial charge < -0.3 is 15.7 Å². The van der Waals surface area contributed by atoms with Crippen LogP contribution in [0.25, 0.3) is 0 Å². The van der Waals surface area contributed by atoms with E-state index >= 15 is 0 Å². The van der Waals surface area contributed by atoms with Gasteiger partial charge in [-0.1, -0.05) is 26.0 Å². The van der Waals surface area contributed by atoms with Crippen molar-refractivity contribution in [1.82, 2.24) is 31.3 Å². The van der Waals surface area contributed by atoms with Gasteiger partial charge in [0.05, 0.1) is 12.0 Å². The van der Waals surface area contributed by atoms with Gasteiger partial charge in [0.25, 0.3) is 0 Å². The quantitative estimate of drug-likeness (QED) is 0.611. The standard InChI is InChI=1S/C12H22N6O3/c1-7(9-15-17-18-16-9)14-11(21)13-6-8(10(19)20)5-12(2,3)4/h7-8H,5-6H2,1-4H3,(H,19,20)(H2,13,14,21)(H,15,16,17,18). The van der Waals surface area contributed by atoms with Crippen molar-refractivity contribution in [3.05, 3.63) is 5.82 Å². The van der Waals surface area contributed by atoms with Crippen molar-refractivity contribution in [3.63, 3.8) is 0 Å². The van der Waals surface area contributed by atoms with Gasteiger partial charge in [0.15, 0.2) is 5.82 Å². The normalized spacial score (nSPS) is 14.3. The van der Waals surface area contributed by atoms with Crippen LogP contribution in [0.3, 0.4) is 0 Å². The van der Waals surface area contributed by atoms with Crippen LogP contribution in [0.2, 0.25) is 0 Å². The Morgan fingerprint density at radius 1 is 1.38 bits per heavy atom. The van der Waals surface area contributed by atoms with E-state index in [0.29, 0.717) is 12.2 Å². The second-order valence-electron chi connectivity index (χ2n) is 6.15. The molecule has 1 aromatic heterocycles. The number of aromatic amines is 1. The Bertz CT molecular complexity index is 468. The molecular weight excluding hydrogens is 276 g/mol. The molecule has 0 radical (unpaired) electrons. The van der Waals surface area contributed by atoms with E-state index in [1.165, 1.54) is 0 Å². The van der Waals surface area contributed by atoms with E-state index in [-0.39, 0.29) is 12.0 Å². The highest BCUT2D eigenvalue weighted by Crippen LogP contribution is 2.24. The summed E-state index contributed by atoms with van der Waals surface area (Å²) in [7, 11) is 0.